The number of Topliss-reactive ketones (excluding diaryl/α,β-unsaturated/α-hetero) is 1. The fourth-order valence-electron chi connectivity index (χ4n) is 2.65. The molecule has 0 saturated carbocycles. The van der Waals surface area contributed by atoms with Gasteiger partial charge in [-0.2, -0.15) is 0 Å². The van der Waals surface area contributed by atoms with Gasteiger partial charge in [-0.3, -0.25) is 9.59 Å². The molecule has 0 spiro atoms. The summed E-state index contributed by atoms with van der Waals surface area (Å²) < 4.78 is 5.50. The summed E-state index contributed by atoms with van der Waals surface area (Å²) in [4.78, 5) is 23.2. The highest BCUT2D eigenvalue weighted by Crippen LogP contribution is 2.29. The van der Waals surface area contributed by atoms with E-state index in [2.05, 4.69) is 20.4 Å². The van der Waals surface area contributed by atoms with Gasteiger partial charge in [-0.25, -0.2) is 0 Å². The molecule has 112 valence electrons. The van der Waals surface area contributed by atoms with E-state index in [0.717, 1.165) is 12.0 Å². The second-order valence-corrected chi connectivity index (χ2v) is 6.06. The molecule has 0 radical (unpaired) electrons. The maximum atomic E-state index is 11.9. The summed E-state index contributed by atoms with van der Waals surface area (Å²) in [6.07, 6.45) is 4.54. The lowest BCUT2D eigenvalue weighted by Crippen LogP contribution is -2.29. The zero-order valence-electron chi connectivity index (χ0n) is 13.1. The molecule has 0 N–H and O–H groups in total. The van der Waals surface area contributed by atoms with Crippen LogP contribution in [0.5, 0.6) is 0 Å². The molecule has 1 rings (SSSR count). The summed E-state index contributed by atoms with van der Waals surface area (Å²) in [7, 11) is 0. The van der Waals surface area contributed by atoms with E-state index >= 15 is 0 Å². The van der Waals surface area contributed by atoms with Gasteiger partial charge in [0.05, 0.1) is 0 Å². The topological polar surface area (TPSA) is 43.4 Å². The highest BCUT2D eigenvalue weighted by atomic mass is 16.5. The number of ether oxygens (including phenoxy) is 1. The first kappa shape index (κ1) is 16.7. The van der Waals surface area contributed by atoms with Crippen molar-refractivity contribution in [3.05, 3.63) is 23.8 Å². The normalized spacial score (nSPS) is 25.4. The van der Waals surface area contributed by atoms with Gasteiger partial charge < -0.3 is 4.74 Å². The minimum Gasteiger partial charge on any atom is -0.458 e. The van der Waals surface area contributed by atoms with Gasteiger partial charge in [-0.1, -0.05) is 26.0 Å². The summed E-state index contributed by atoms with van der Waals surface area (Å²) in [6.45, 7) is 11.6. The molecule has 0 saturated heterocycles. The third-order valence-corrected chi connectivity index (χ3v) is 3.95. The largest absolute Gasteiger partial charge is 0.458 e. The second kappa shape index (κ2) is 7.41. The van der Waals surface area contributed by atoms with Crippen LogP contribution in [0.1, 0.15) is 53.4 Å². The first-order valence-electron chi connectivity index (χ1n) is 7.36. The van der Waals surface area contributed by atoms with E-state index < -0.39 is 0 Å². The van der Waals surface area contributed by atoms with Crippen LogP contribution in [-0.2, 0) is 14.3 Å². The van der Waals surface area contributed by atoms with Gasteiger partial charge in [-0.05, 0) is 43.8 Å². The van der Waals surface area contributed by atoms with Crippen molar-refractivity contribution >= 4 is 11.8 Å². The standard InChI is InChI=1S/C17H26O3/c1-11(2)15-8-7-13(4)16(19)9-6-12(3)10-17(15)20-14(5)18/h10-11,15,17H,4,6-9H2,1-3,5H3. The average molecular weight is 278 g/mol. The predicted molar refractivity (Wildman–Crippen MR) is 80.3 cm³/mol. The van der Waals surface area contributed by atoms with E-state index in [1.165, 1.54) is 6.92 Å². The van der Waals surface area contributed by atoms with Gasteiger partial charge in [0.25, 0.3) is 0 Å². The average Bonchev–Trinajstić information content (AvgIpc) is 2.33. The summed E-state index contributed by atoms with van der Waals surface area (Å²) in [5, 5.41) is 0. The molecule has 2 unspecified atom stereocenters. The molecule has 0 aromatic carbocycles. The number of ketones is 1. The molecular formula is C17H26O3. The predicted octanol–water partition coefficient (Wildman–Crippen LogP) is 3.84. The highest BCUT2D eigenvalue weighted by molar-refractivity contribution is 5.94. The Morgan fingerprint density at radius 3 is 2.55 bits per heavy atom. The number of esters is 1. The van der Waals surface area contributed by atoms with E-state index in [4.69, 9.17) is 4.74 Å². The molecule has 0 amide bonds. The van der Waals surface area contributed by atoms with Crippen molar-refractivity contribution in [3.8, 4) is 0 Å². The van der Waals surface area contributed by atoms with E-state index in [1.807, 2.05) is 13.0 Å². The van der Waals surface area contributed by atoms with Gasteiger partial charge in [0.15, 0.2) is 5.78 Å². The quantitative estimate of drug-likeness (QED) is 0.438. The van der Waals surface area contributed by atoms with Crippen molar-refractivity contribution in [2.24, 2.45) is 11.8 Å². The number of carbonyl (C=O) groups is 2. The van der Waals surface area contributed by atoms with Gasteiger partial charge >= 0.3 is 5.97 Å². The highest BCUT2D eigenvalue weighted by Gasteiger charge is 2.27. The van der Waals surface area contributed by atoms with Crippen LogP contribution in [0.3, 0.4) is 0 Å². The summed E-state index contributed by atoms with van der Waals surface area (Å²) in [5.74, 6) is 0.505. The lowest BCUT2D eigenvalue weighted by Gasteiger charge is -2.29. The van der Waals surface area contributed by atoms with Crippen LogP contribution in [0.4, 0.5) is 0 Å². The Bertz CT molecular complexity index is 418. The van der Waals surface area contributed by atoms with Crippen LogP contribution in [0.15, 0.2) is 23.8 Å². The molecule has 3 nitrogen and oxygen atoms in total. The van der Waals surface area contributed by atoms with Crippen LogP contribution in [-0.4, -0.2) is 17.9 Å². The number of carbonyl (C=O) groups excluding carboxylic acids is 2. The molecule has 0 bridgehead atoms. The Kier molecular flexibility index (Phi) is 6.18. The lowest BCUT2D eigenvalue weighted by molar-refractivity contribution is -0.147. The fourth-order valence-corrected chi connectivity index (χ4v) is 2.65. The Balaban J connectivity index is 3.03. The van der Waals surface area contributed by atoms with Crippen molar-refractivity contribution in [1.29, 1.82) is 0 Å². The maximum Gasteiger partial charge on any atom is 0.303 e. The number of hydrogen-bond donors (Lipinski definition) is 0. The smallest absolute Gasteiger partial charge is 0.303 e. The van der Waals surface area contributed by atoms with E-state index in [0.29, 0.717) is 30.8 Å². The number of allylic oxidation sites excluding steroid dienone is 2. The van der Waals surface area contributed by atoms with E-state index in [1.54, 1.807) is 0 Å². The maximum absolute atomic E-state index is 11.9. The van der Waals surface area contributed by atoms with Crippen molar-refractivity contribution in [3.63, 3.8) is 0 Å². The SMILES string of the molecule is C=C1CCC(C(C)C)C(OC(C)=O)C=C(C)CCC1=O. The summed E-state index contributed by atoms with van der Waals surface area (Å²) >= 11 is 0. The molecule has 2 atom stereocenters. The zero-order valence-corrected chi connectivity index (χ0v) is 13.1. The first-order valence-corrected chi connectivity index (χ1v) is 7.36. The first-order chi connectivity index (χ1) is 9.31. The molecule has 1 aliphatic rings. The van der Waals surface area contributed by atoms with E-state index in [-0.39, 0.29) is 23.8 Å². The molecule has 0 aromatic rings. The van der Waals surface area contributed by atoms with Crippen LogP contribution in [0, 0.1) is 11.8 Å². The van der Waals surface area contributed by atoms with Gasteiger partial charge in [0.2, 0.25) is 0 Å². The van der Waals surface area contributed by atoms with Crippen LogP contribution >= 0.6 is 0 Å². The Morgan fingerprint density at radius 2 is 2.00 bits per heavy atom. The summed E-state index contributed by atoms with van der Waals surface area (Å²) in [6, 6.07) is 0. The molecule has 0 aliphatic heterocycles. The minimum absolute atomic E-state index is 0.159. The molecule has 0 aromatic heterocycles. The molecule has 0 fully saturated rings. The van der Waals surface area contributed by atoms with Crippen molar-refractivity contribution in [1.82, 2.24) is 0 Å². The molecular weight excluding hydrogens is 252 g/mol. The second-order valence-electron chi connectivity index (χ2n) is 6.06. The lowest BCUT2D eigenvalue weighted by atomic mass is 9.82. The summed E-state index contributed by atoms with van der Waals surface area (Å²) in [5.41, 5.74) is 1.80. The van der Waals surface area contributed by atoms with Gasteiger partial charge in [-0.15, -0.1) is 0 Å². The van der Waals surface area contributed by atoms with Gasteiger partial charge in [0, 0.05) is 19.3 Å². The Hall–Kier alpha value is -1.38. The Morgan fingerprint density at radius 1 is 1.35 bits per heavy atom. The number of rotatable bonds is 2. The van der Waals surface area contributed by atoms with Crippen molar-refractivity contribution < 1.29 is 14.3 Å². The Labute approximate surface area is 122 Å². The monoisotopic (exact) mass is 278 g/mol. The van der Waals surface area contributed by atoms with Crippen molar-refractivity contribution in [2.75, 3.05) is 0 Å². The molecule has 0 heterocycles. The molecule has 3 heteroatoms. The zero-order chi connectivity index (χ0) is 15.3. The van der Waals surface area contributed by atoms with Crippen LogP contribution < -0.4 is 0 Å². The van der Waals surface area contributed by atoms with E-state index in [9.17, 15) is 9.59 Å². The minimum atomic E-state index is -0.253. The van der Waals surface area contributed by atoms with Crippen LogP contribution in [0.25, 0.3) is 0 Å². The third-order valence-electron chi connectivity index (χ3n) is 3.95. The van der Waals surface area contributed by atoms with Gasteiger partial charge in [0.1, 0.15) is 6.10 Å². The van der Waals surface area contributed by atoms with Crippen molar-refractivity contribution in [2.45, 2.75) is 59.5 Å². The van der Waals surface area contributed by atoms with Crippen LogP contribution in [0.2, 0.25) is 0 Å². The number of hydrogen-bond acceptors (Lipinski definition) is 3. The third kappa shape index (κ3) is 4.95. The molecule has 20 heavy (non-hydrogen) atoms. The molecule has 1 aliphatic carbocycles. The fraction of sp³-hybridized carbons (Fsp3) is 0.647.